The van der Waals surface area contributed by atoms with E-state index in [0.717, 1.165) is 5.56 Å². The van der Waals surface area contributed by atoms with E-state index in [1.807, 2.05) is 77.9 Å². The van der Waals surface area contributed by atoms with Gasteiger partial charge in [0, 0.05) is 49.2 Å². The van der Waals surface area contributed by atoms with E-state index >= 15 is 4.39 Å². The van der Waals surface area contributed by atoms with Crippen LogP contribution in [0, 0.1) is 5.82 Å². The number of benzene rings is 2. The molecule has 0 aliphatic heterocycles. The molecule has 11 nitrogen and oxygen atoms in total. The van der Waals surface area contributed by atoms with Gasteiger partial charge < -0.3 is 25.5 Å². The van der Waals surface area contributed by atoms with Gasteiger partial charge in [0.1, 0.15) is 35.3 Å². The number of nitrogens with two attached hydrogens (primary N) is 1. The van der Waals surface area contributed by atoms with E-state index in [-0.39, 0.29) is 29.7 Å². The van der Waals surface area contributed by atoms with Gasteiger partial charge in [0.2, 0.25) is 0 Å². The quantitative estimate of drug-likeness (QED) is 0.0843. The third-order valence-electron chi connectivity index (χ3n) is 7.80. The van der Waals surface area contributed by atoms with Crippen LogP contribution in [-0.4, -0.2) is 58.1 Å². The van der Waals surface area contributed by atoms with Crippen molar-refractivity contribution in [1.82, 2.24) is 19.7 Å². The topological polar surface area (TPSA) is 137 Å². The molecular formula is C37H46FN7O4. The van der Waals surface area contributed by atoms with Gasteiger partial charge in [-0.15, -0.1) is 0 Å². The minimum atomic E-state index is -0.475. The average Bonchev–Trinajstić information content (AvgIpc) is 2.99. The molecule has 2 aromatic heterocycles. The third-order valence-corrected chi connectivity index (χ3v) is 7.80. The summed E-state index contributed by atoms with van der Waals surface area (Å²) in [5.74, 6) is 5.68. The number of hydrogen-bond acceptors (Lipinski definition) is 10. The van der Waals surface area contributed by atoms with Gasteiger partial charge in [-0.1, -0.05) is 39.0 Å². The number of anilines is 2. The van der Waals surface area contributed by atoms with Crippen LogP contribution in [0.1, 0.15) is 69.4 Å². The number of hydrogen-bond donors (Lipinski definition) is 2. The molecule has 0 spiro atoms. The van der Waals surface area contributed by atoms with E-state index < -0.39 is 17.4 Å². The van der Waals surface area contributed by atoms with Crippen molar-refractivity contribution in [3.05, 3.63) is 98.7 Å². The van der Waals surface area contributed by atoms with E-state index in [1.165, 1.54) is 23.9 Å². The molecule has 0 aliphatic rings. The number of nitrogens with zero attached hydrogens (tertiary/aromatic N) is 5. The number of esters is 1. The molecule has 0 aliphatic carbocycles. The monoisotopic (exact) mass is 671 g/mol. The highest BCUT2D eigenvalue weighted by Gasteiger charge is 2.23. The molecule has 0 saturated carbocycles. The molecule has 4 aromatic rings. The number of aromatic nitrogens is 3. The highest BCUT2D eigenvalue weighted by atomic mass is 19.1. The predicted molar refractivity (Wildman–Crippen MR) is 191 cm³/mol. The molecule has 0 radical (unpaired) electrons. The van der Waals surface area contributed by atoms with Gasteiger partial charge in [0.15, 0.2) is 0 Å². The lowest BCUT2D eigenvalue weighted by Gasteiger charge is -2.29. The summed E-state index contributed by atoms with van der Waals surface area (Å²) < 4.78 is 28.6. The summed E-state index contributed by atoms with van der Waals surface area (Å²) in [6.07, 6.45) is 3.19. The summed E-state index contributed by atoms with van der Waals surface area (Å²) in [6.45, 7) is 11.9. The zero-order valence-electron chi connectivity index (χ0n) is 29.7. The average molecular weight is 672 g/mol. The largest absolute Gasteiger partial charge is 0.485 e. The van der Waals surface area contributed by atoms with E-state index in [0.29, 0.717) is 51.6 Å². The van der Waals surface area contributed by atoms with Crippen LogP contribution in [0.15, 0.2) is 64.6 Å². The number of aryl methyl sites for hydroxylation is 1. The molecule has 0 bridgehead atoms. The molecule has 4 rings (SSSR count). The van der Waals surface area contributed by atoms with E-state index in [2.05, 4.69) is 20.5 Å². The van der Waals surface area contributed by atoms with Crippen molar-refractivity contribution in [1.29, 1.82) is 0 Å². The van der Waals surface area contributed by atoms with E-state index in [4.69, 9.17) is 15.3 Å². The Labute approximate surface area is 287 Å². The molecule has 0 amide bonds. The Balaban J connectivity index is 1.74. The van der Waals surface area contributed by atoms with Gasteiger partial charge in [0.05, 0.1) is 18.1 Å². The molecule has 2 heterocycles. The molecule has 3 N–H and O–H groups in total. The van der Waals surface area contributed by atoms with Gasteiger partial charge in [0.25, 0.3) is 5.56 Å². The van der Waals surface area contributed by atoms with Crippen LogP contribution in [-0.2, 0) is 35.0 Å². The number of carbonyl (C=O) groups is 1. The maximum Gasteiger partial charge on any atom is 0.302 e. The summed E-state index contributed by atoms with van der Waals surface area (Å²) >= 11 is 0. The maximum absolute atomic E-state index is 15.8. The van der Waals surface area contributed by atoms with Crippen molar-refractivity contribution in [2.45, 2.75) is 65.6 Å². The number of nitrogens with one attached hydrogen (secondary N) is 1. The molecule has 260 valence electrons. The van der Waals surface area contributed by atoms with Crippen molar-refractivity contribution < 1.29 is 18.7 Å². The van der Waals surface area contributed by atoms with Crippen LogP contribution in [0.4, 0.5) is 15.9 Å². The van der Waals surface area contributed by atoms with E-state index in [9.17, 15) is 9.59 Å². The fourth-order valence-corrected chi connectivity index (χ4v) is 5.64. The van der Waals surface area contributed by atoms with Crippen LogP contribution in [0.2, 0.25) is 0 Å². The number of rotatable bonds is 12. The number of hydrazone groups is 1. The van der Waals surface area contributed by atoms with Crippen LogP contribution < -0.4 is 21.5 Å². The summed E-state index contributed by atoms with van der Waals surface area (Å²) in [4.78, 5) is 31.7. The minimum absolute atomic E-state index is 0.0939. The number of halogens is 1. The SMILES string of the molecule is CC(=O)OCc1c(Cc2c(F)cc(C(C)(C)C)cc2/C=N\N)cccc1-c1cc(Nc2ccc(OC(C)(C)CN(C)C)cn2)c(=O)n(C)n1. The Bertz CT molecular complexity index is 1890. The summed E-state index contributed by atoms with van der Waals surface area (Å²) in [5.41, 5.74) is 3.23. The zero-order valence-corrected chi connectivity index (χ0v) is 29.7. The standard InChI is InChI=1S/C37H46FN7O4/c1-23(46)48-21-30-24(16-29-25(19-41-39)15-26(17-31(29)38)36(2,3)4)11-10-12-28(30)32-18-33(35(47)45(9)43-32)42-34-14-13-27(20-40-34)49-37(5,6)22-44(7)8/h10-15,17-20H,16,21-22,39H2,1-9H3,(H,40,42)/b41-19-. The predicted octanol–water partition coefficient (Wildman–Crippen LogP) is 5.69. The van der Waals surface area contributed by atoms with Crippen molar-refractivity contribution in [2.75, 3.05) is 26.0 Å². The summed E-state index contributed by atoms with van der Waals surface area (Å²) in [5, 5.41) is 11.3. The number of pyridine rings is 1. The first-order valence-electron chi connectivity index (χ1n) is 15.9. The number of likely N-dealkylation sites (N-methyl/N-ethyl adjacent to an activating group) is 1. The van der Waals surface area contributed by atoms with Gasteiger partial charge in [-0.2, -0.15) is 10.2 Å². The van der Waals surface area contributed by atoms with E-state index in [1.54, 1.807) is 31.4 Å². The first-order valence-corrected chi connectivity index (χ1v) is 15.9. The normalized spacial score (nSPS) is 12.1. The van der Waals surface area contributed by atoms with Crippen LogP contribution in [0.25, 0.3) is 11.3 Å². The number of carbonyl (C=O) groups excluding carboxylic acids is 1. The van der Waals surface area contributed by atoms with Crippen LogP contribution in [0.3, 0.4) is 0 Å². The molecule has 0 fully saturated rings. The highest BCUT2D eigenvalue weighted by Crippen LogP contribution is 2.32. The second kappa shape index (κ2) is 15.0. The summed E-state index contributed by atoms with van der Waals surface area (Å²) in [7, 11) is 5.51. The van der Waals surface area contributed by atoms with Gasteiger partial charge >= 0.3 is 5.97 Å². The van der Waals surface area contributed by atoms with Crippen molar-refractivity contribution in [3.8, 4) is 17.0 Å². The Morgan fingerprint density at radius 3 is 2.45 bits per heavy atom. The second-order valence-electron chi connectivity index (χ2n) is 13.9. The number of ether oxygens (including phenoxy) is 2. The lowest BCUT2D eigenvalue weighted by molar-refractivity contribution is -0.142. The molecule has 49 heavy (non-hydrogen) atoms. The molecular weight excluding hydrogens is 625 g/mol. The first kappa shape index (κ1) is 36.7. The fourth-order valence-electron chi connectivity index (χ4n) is 5.64. The van der Waals surface area contributed by atoms with Crippen molar-refractivity contribution in [3.63, 3.8) is 0 Å². The molecule has 12 heteroatoms. The smallest absolute Gasteiger partial charge is 0.302 e. The summed E-state index contributed by atoms with van der Waals surface area (Å²) in [6, 6.07) is 14.0. The lowest BCUT2D eigenvalue weighted by atomic mass is 9.84. The molecule has 2 aromatic carbocycles. The zero-order chi connectivity index (χ0) is 36.1. The molecule has 0 atom stereocenters. The highest BCUT2D eigenvalue weighted by molar-refractivity contribution is 5.82. The van der Waals surface area contributed by atoms with Gasteiger partial charge in [-0.25, -0.2) is 14.1 Å². The Morgan fingerprint density at radius 1 is 1.10 bits per heavy atom. The lowest BCUT2D eigenvalue weighted by Crippen LogP contribution is -2.39. The minimum Gasteiger partial charge on any atom is -0.485 e. The molecule has 0 saturated heterocycles. The Morgan fingerprint density at radius 2 is 1.84 bits per heavy atom. The maximum atomic E-state index is 15.8. The molecule has 0 unspecified atom stereocenters. The fraction of sp³-hybridized carbons (Fsp3) is 0.378. The van der Waals surface area contributed by atoms with Crippen molar-refractivity contribution in [2.24, 2.45) is 18.0 Å². The van der Waals surface area contributed by atoms with Gasteiger partial charge in [-0.3, -0.25) is 9.59 Å². The Kier molecular flexibility index (Phi) is 11.2. The third kappa shape index (κ3) is 9.50. The van der Waals surface area contributed by atoms with Crippen LogP contribution >= 0.6 is 0 Å². The van der Waals surface area contributed by atoms with Crippen molar-refractivity contribution >= 4 is 23.7 Å². The second-order valence-corrected chi connectivity index (χ2v) is 13.9. The van der Waals surface area contributed by atoms with Gasteiger partial charge in [-0.05, 0) is 74.8 Å². The first-order chi connectivity index (χ1) is 23.0. The Hall–Kier alpha value is -5.10. The van der Waals surface area contributed by atoms with Crippen LogP contribution in [0.5, 0.6) is 5.75 Å².